The second-order valence-electron chi connectivity index (χ2n) is 4.28. The number of hydrogen-bond acceptors (Lipinski definition) is 5. The molecule has 3 rings (SSSR count). The van der Waals surface area contributed by atoms with Gasteiger partial charge >= 0.3 is 0 Å². The number of rotatable bonds is 4. The van der Waals surface area contributed by atoms with Crippen LogP contribution in [-0.4, -0.2) is 16.0 Å². The van der Waals surface area contributed by atoms with Crippen molar-refractivity contribution in [3.63, 3.8) is 0 Å². The van der Waals surface area contributed by atoms with Crippen LogP contribution in [-0.2, 0) is 6.54 Å². The lowest BCUT2D eigenvalue weighted by Gasteiger charge is -2.01. The van der Waals surface area contributed by atoms with E-state index in [1.165, 1.54) is 18.3 Å². The van der Waals surface area contributed by atoms with Crippen LogP contribution in [0.1, 0.15) is 16.1 Å². The van der Waals surface area contributed by atoms with Crippen molar-refractivity contribution < 1.29 is 9.32 Å². The summed E-state index contributed by atoms with van der Waals surface area (Å²) in [6.07, 6.45) is 1.37. The Kier molecular flexibility index (Phi) is 3.65. The van der Waals surface area contributed by atoms with Crippen LogP contribution in [0.15, 0.2) is 51.2 Å². The molecular weight excluding hydrogens is 290 g/mol. The average Bonchev–Trinajstić information content (AvgIpc) is 3.16. The molecule has 0 aliphatic carbocycles. The fourth-order valence-electron chi connectivity index (χ4n) is 1.75. The minimum atomic E-state index is -0.285. The normalized spacial score (nSPS) is 10.5. The van der Waals surface area contributed by atoms with Gasteiger partial charge in [-0.3, -0.25) is 9.59 Å². The van der Waals surface area contributed by atoms with Crippen molar-refractivity contribution in [1.82, 2.24) is 15.5 Å². The first-order chi connectivity index (χ1) is 10.2. The molecule has 0 spiro atoms. The average molecular weight is 301 g/mol. The molecule has 21 heavy (non-hydrogen) atoms. The monoisotopic (exact) mass is 301 g/mol. The van der Waals surface area contributed by atoms with Gasteiger partial charge in [0.05, 0.1) is 17.0 Å². The highest BCUT2D eigenvalue weighted by atomic mass is 32.1. The zero-order chi connectivity index (χ0) is 14.7. The molecule has 0 unspecified atom stereocenters. The largest absolute Gasteiger partial charge is 0.355 e. The van der Waals surface area contributed by atoms with Gasteiger partial charge in [-0.2, -0.15) is 0 Å². The van der Waals surface area contributed by atoms with Crippen LogP contribution in [0.2, 0.25) is 0 Å². The quantitative estimate of drug-likeness (QED) is 0.771. The standard InChI is InChI=1S/C14H11N3O3S/c18-13-4-3-9(7-15-13)14(19)16-8-10-6-11(20-17-10)12-2-1-5-21-12/h1-7H,8H2,(H,15,18)(H,16,19). The van der Waals surface area contributed by atoms with Gasteiger partial charge in [-0.1, -0.05) is 11.2 Å². The van der Waals surface area contributed by atoms with Gasteiger partial charge in [0.1, 0.15) is 5.69 Å². The minimum absolute atomic E-state index is 0.247. The number of carbonyl (C=O) groups excluding carboxylic acids is 1. The van der Waals surface area contributed by atoms with E-state index in [4.69, 9.17) is 4.52 Å². The van der Waals surface area contributed by atoms with Gasteiger partial charge in [0.15, 0.2) is 5.76 Å². The molecule has 3 aromatic heterocycles. The number of hydrogen-bond donors (Lipinski definition) is 2. The second-order valence-corrected chi connectivity index (χ2v) is 5.23. The lowest BCUT2D eigenvalue weighted by molar-refractivity contribution is 0.0949. The predicted molar refractivity (Wildman–Crippen MR) is 78.0 cm³/mol. The van der Waals surface area contributed by atoms with E-state index in [1.807, 2.05) is 17.5 Å². The number of nitrogens with one attached hydrogen (secondary N) is 2. The molecule has 0 radical (unpaired) electrons. The number of thiophene rings is 1. The number of aromatic nitrogens is 2. The van der Waals surface area contributed by atoms with Crippen molar-refractivity contribution in [1.29, 1.82) is 0 Å². The van der Waals surface area contributed by atoms with E-state index in [1.54, 1.807) is 17.4 Å². The van der Waals surface area contributed by atoms with E-state index in [-0.39, 0.29) is 18.0 Å². The smallest absolute Gasteiger partial charge is 0.253 e. The lowest BCUT2D eigenvalue weighted by atomic mass is 10.2. The van der Waals surface area contributed by atoms with Crippen LogP contribution < -0.4 is 10.9 Å². The summed E-state index contributed by atoms with van der Waals surface area (Å²) >= 11 is 1.56. The van der Waals surface area contributed by atoms with E-state index < -0.39 is 0 Å². The molecule has 0 saturated heterocycles. The third kappa shape index (κ3) is 3.09. The summed E-state index contributed by atoms with van der Waals surface area (Å²) in [5.41, 5.74) is 0.774. The van der Waals surface area contributed by atoms with Crippen molar-refractivity contribution in [2.45, 2.75) is 6.54 Å². The summed E-state index contributed by atoms with van der Waals surface area (Å²) in [4.78, 5) is 26.2. The molecule has 2 N–H and O–H groups in total. The van der Waals surface area contributed by atoms with Crippen molar-refractivity contribution in [2.24, 2.45) is 0 Å². The predicted octanol–water partition coefficient (Wildman–Crippen LogP) is 2.02. The number of H-pyrrole nitrogens is 1. The molecule has 0 aliphatic heterocycles. The summed E-state index contributed by atoms with van der Waals surface area (Å²) in [5, 5.41) is 8.58. The molecule has 3 heterocycles. The first-order valence-electron chi connectivity index (χ1n) is 6.19. The maximum Gasteiger partial charge on any atom is 0.253 e. The van der Waals surface area contributed by atoms with Crippen molar-refractivity contribution >= 4 is 17.2 Å². The Morgan fingerprint density at radius 1 is 1.38 bits per heavy atom. The van der Waals surface area contributed by atoms with Crippen LogP contribution in [0.3, 0.4) is 0 Å². The van der Waals surface area contributed by atoms with Crippen molar-refractivity contribution in [3.05, 3.63) is 63.5 Å². The molecule has 3 aromatic rings. The van der Waals surface area contributed by atoms with E-state index in [0.717, 1.165) is 4.88 Å². The first kappa shape index (κ1) is 13.3. The molecule has 106 valence electrons. The Morgan fingerprint density at radius 2 is 2.29 bits per heavy atom. The summed E-state index contributed by atoms with van der Waals surface area (Å²) in [6, 6.07) is 8.43. The van der Waals surface area contributed by atoms with Crippen LogP contribution in [0, 0.1) is 0 Å². The van der Waals surface area contributed by atoms with E-state index >= 15 is 0 Å². The molecule has 1 amide bonds. The summed E-state index contributed by atoms with van der Waals surface area (Å²) in [5.74, 6) is 0.394. The second kappa shape index (κ2) is 5.76. The Hall–Kier alpha value is -2.67. The Morgan fingerprint density at radius 3 is 3.00 bits per heavy atom. The Labute approximate surface area is 123 Å². The van der Waals surface area contributed by atoms with Gasteiger partial charge in [-0.25, -0.2) is 0 Å². The molecule has 7 heteroatoms. The summed E-state index contributed by atoms with van der Waals surface area (Å²) in [7, 11) is 0. The molecular formula is C14H11N3O3S. The molecule has 0 bridgehead atoms. The number of nitrogens with zero attached hydrogens (tertiary/aromatic N) is 1. The maximum atomic E-state index is 11.9. The van der Waals surface area contributed by atoms with E-state index in [2.05, 4.69) is 15.5 Å². The Bertz CT molecular complexity index is 784. The van der Waals surface area contributed by atoms with Gasteiger partial charge in [0.25, 0.3) is 5.91 Å². The fourth-order valence-corrected chi connectivity index (χ4v) is 2.43. The number of pyridine rings is 1. The fraction of sp³-hybridized carbons (Fsp3) is 0.0714. The highest BCUT2D eigenvalue weighted by molar-refractivity contribution is 7.13. The van der Waals surface area contributed by atoms with Crippen molar-refractivity contribution in [3.8, 4) is 10.6 Å². The van der Waals surface area contributed by atoms with Gasteiger partial charge < -0.3 is 14.8 Å². The van der Waals surface area contributed by atoms with Crippen LogP contribution >= 0.6 is 11.3 Å². The third-order valence-electron chi connectivity index (χ3n) is 2.80. The van der Waals surface area contributed by atoms with E-state index in [0.29, 0.717) is 17.0 Å². The zero-order valence-electron chi connectivity index (χ0n) is 10.8. The minimum Gasteiger partial charge on any atom is -0.355 e. The number of aromatic amines is 1. The van der Waals surface area contributed by atoms with E-state index in [9.17, 15) is 9.59 Å². The van der Waals surface area contributed by atoms with Gasteiger partial charge in [0.2, 0.25) is 5.56 Å². The molecule has 0 fully saturated rings. The number of carbonyl (C=O) groups is 1. The summed E-state index contributed by atoms with van der Waals surface area (Å²) < 4.78 is 5.22. The third-order valence-corrected chi connectivity index (χ3v) is 3.68. The van der Waals surface area contributed by atoms with Gasteiger partial charge in [-0.15, -0.1) is 11.3 Å². The van der Waals surface area contributed by atoms with Crippen molar-refractivity contribution in [2.75, 3.05) is 0 Å². The zero-order valence-corrected chi connectivity index (χ0v) is 11.6. The SMILES string of the molecule is O=C(NCc1cc(-c2cccs2)on1)c1ccc(=O)[nH]c1. The van der Waals surface area contributed by atoms with Crippen LogP contribution in [0.5, 0.6) is 0 Å². The maximum absolute atomic E-state index is 11.9. The summed E-state index contributed by atoms with van der Waals surface area (Å²) in [6.45, 7) is 0.257. The molecule has 6 nitrogen and oxygen atoms in total. The highest BCUT2D eigenvalue weighted by Gasteiger charge is 2.10. The number of amides is 1. The highest BCUT2D eigenvalue weighted by Crippen LogP contribution is 2.24. The lowest BCUT2D eigenvalue weighted by Crippen LogP contribution is -2.23. The molecule has 0 aromatic carbocycles. The van der Waals surface area contributed by atoms with Crippen LogP contribution in [0.25, 0.3) is 10.6 Å². The molecule has 0 aliphatic rings. The molecule has 0 saturated carbocycles. The topological polar surface area (TPSA) is 88.0 Å². The first-order valence-corrected chi connectivity index (χ1v) is 7.07. The molecule has 0 atom stereocenters. The van der Waals surface area contributed by atoms with Gasteiger partial charge in [0, 0.05) is 18.3 Å². The van der Waals surface area contributed by atoms with Gasteiger partial charge in [-0.05, 0) is 17.5 Å². The Balaban J connectivity index is 1.64. The van der Waals surface area contributed by atoms with Crippen LogP contribution in [0.4, 0.5) is 0 Å².